The van der Waals surface area contributed by atoms with Gasteiger partial charge in [0.05, 0.1) is 12.8 Å². The Labute approximate surface area is 170 Å². The molecule has 0 spiro atoms. The van der Waals surface area contributed by atoms with E-state index in [2.05, 4.69) is 5.32 Å². The molecule has 0 radical (unpaired) electrons. The van der Waals surface area contributed by atoms with Crippen LogP contribution in [0.15, 0.2) is 42.5 Å². The number of Topliss-reactive ketones (excluding diaryl/α,β-unsaturated/α-hetero) is 1. The van der Waals surface area contributed by atoms with E-state index in [1.807, 2.05) is 13.0 Å². The van der Waals surface area contributed by atoms with E-state index in [1.54, 1.807) is 43.3 Å². The van der Waals surface area contributed by atoms with Gasteiger partial charge < -0.3 is 19.5 Å². The van der Waals surface area contributed by atoms with Gasteiger partial charge in [-0.15, -0.1) is 0 Å². The third kappa shape index (κ3) is 6.34. The van der Waals surface area contributed by atoms with Crippen LogP contribution < -0.4 is 14.8 Å². The summed E-state index contributed by atoms with van der Waals surface area (Å²) in [6, 6.07) is 11.9. The second-order valence-electron chi connectivity index (χ2n) is 6.41. The average molecular weight is 399 g/mol. The third-order valence-corrected chi connectivity index (χ3v) is 4.14. The zero-order chi connectivity index (χ0) is 21.4. The SMILES string of the molecule is CCC(=O)c1ccc(OCC(=O)OC(C)C(=O)Nc2cc(C)ccc2OC)cc1. The highest BCUT2D eigenvalue weighted by atomic mass is 16.6. The van der Waals surface area contributed by atoms with Crippen molar-refractivity contribution >= 4 is 23.3 Å². The van der Waals surface area contributed by atoms with E-state index >= 15 is 0 Å². The van der Waals surface area contributed by atoms with Crippen LogP contribution in [0.2, 0.25) is 0 Å². The predicted octanol–water partition coefficient (Wildman–Crippen LogP) is 3.55. The quantitative estimate of drug-likeness (QED) is 0.512. The summed E-state index contributed by atoms with van der Waals surface area (Å²) in [4.78, 5) is 35.9. The van der Waals surface area contributed by atoms with Crippen molar-refractivity contribution in [3.05, 3.63) is 53.6 Å². The highest BCUT2D eigenvalue weighted by Crippen LogP contribution is 2.25. The van der Waals surface area contributed by atoms with Gasteiger partial charge >= 0.3 is 5.97 Å². The zero-order valence-corrected chi connectivity index (χ0v) is 17.0. The maximum atomic E-state index is 12.3. The molecule has 0 saturated carbocycles. The summed E-state index contributed by atoms with van der Waals surface area (Å²) in [5.74, 6) is -0.199. The molecule has 0 aliphatic carbocycles. The molecular weight excluding hydrogens is 374 g/mol. The number of benzene rings is 2. The largest absolute Gasteiger partial charge is 0.495 e. The van der Waals surface area contributed by atoms with Crippen molar-refractivity contribution in [2.45, 2.75) is 33.3 Å². The fourth-order valence-electron chi connectivity index (χ4n) is 2.52. The predicted molar refractivity (Wildman–Crippen MR) is 108 cm³/mol. The maximum Gasteiger partial charge on any atom is 0.344 e. The van der Waals surface area contributed by atoms with Crippen LogP contribution in [0.25, 0.3) is 0 Å². The minimum Gasteiger partial charge on any atom is -0.495 e. The molecule has 0 bridgehead atoms. The van der Waals surface area contributed by atoms with Gasteiger partial charge in [0.2, 0.25) is 0 Å². The van der Waals surface area contributed by atoms with Gasteiger partial charge in [-0.05, 0) is 55.8 Å². The number of ketones is 1. The van der Waals surface area contributed by atoms with Crippen LogP contribution in [-0.4, -0.2) is 37.5 Å². The van der Waals surface area contributed by atoms with Gasteiger partial charge in [0, 0.05) is 12.0 Å². The number of carbonyl (C=O) groups excluding carboxylic acids is 3. The van der Waals surface area contributed by atoms with Gasteiger partial charge in [0.25, 0.3) is 5.91 Å². The maximum absolute atomic E-state index is 12.3. The summed E-state index contributed by atoms with van der Waals surface area (Å²) < 4.78 is 15.7. The molecule has 29 heavy (non-hydrogen) atoms. The van der Waals surface area contributed by atoms with Gasteiger partial charge in [0.1, 0.15) is 11.5 Å². The Morgan fingerprint density at radius 3 is 2.38 bits per heavy atom. The molecular formula is C22H25NO6. The number of aryl methyl sites for hydroxylation is 1. The topological polar surface area (TPSA) is 90.9 Å². The highest BCUT2D eigenvalue weighted by Gasteiger charge is 2.19. The van der Waals surface area contributed by atoms with E-state index in [9.17, 15) is 14.4 Å². The molecule has 0 aliphatic heterocycles. The van der Waals surface area contributed by atoms with Crippen LogP contribution in [0, 0.1) is 6.92 Å². The van der Waals surface area contributed by atoms with E-state index in [0.717, 1.165) is 5.56 Å². The minimum absolute atomic E-state index is 0.0287. The number of esters is 1. The van der Waals surface area contributed by atoms with Crippen LogP contribution in [0.3, 0.4) is 0 Å². The van der Waals surface area contributed by atoms with Crippen molar-refractivity contribution in [2.75, 3.05) is 19.0 Å². The molecule has 154 valence electrons. The summed E-state index contributed by atoms with van der Waals surface area (Å²) in [5.41, 5.74) is 2.03. The number of nitrogens with one attached hydrogen (secondary N) is 1. The van der Waals surface area contributed by atoms with Crippen LogP contribution in [0.5, 0.6) is 11.5 Å². The van der Waals surface area contributed by atoms with E-state index in [-0.39, 0.29) is 12.4 Å². The lowest BCUT2D eigenvalue weighted by atomic mass is 10.1. The first kappa shape index (κ1) is 21.9. The number of amides is 1. The second kappa shape index (κ2) is 10.3. The van der Waals surface area contributed by atoms with Gasteiger partial charge in [-0.25, -0.2) is 4.79 Å². The second-order valence-corrected chi connectivity index (χ2v) is 6.41. The molecule has 1 N–H and O–H groups in total. The van der Waals surface area contributed by atoms with Crippen molar-refractivity contribution in [3.8, 4) is 11.5 Å². The van der Waals surface area contributed by atoms with E-state index < -0.39 is 18.0 Å². The first-order valence-electron chi connectivity index (χ1n) is 9.25. The summed E-state index contributed by atoms with van der Waals surface area (Å²) in [6.45, 7) is 4.79. The van der Waals surface area contributed by atoms with Gasteiger partial charge in [-0.2, -0.15) is 0 Å². The Morgan fingerprint density at radius 2 is 1.76 bits per heavy atom. The molecule has 0 saturated heterocycles. The van der Waals surface area contributed by atoms with Crippen LogP contribution in [0.1, 0.15) is 36.2 Å². The lowest BCUT2D eigenvalue weighted by Crippen LogP contribution is -2.31. The number of methoxy groups -OCH3 is 1. The molecule has 0 aromatic heterocycles. The number of ether oxygens (including phenoxy) is 3. The van der Waals surface area contributed by atoms with Crippen molar-refractivity contribution in [3.63, 3.8) is 0 Å². The summed E-state index contributed by atoms with van der Waals surface area (Å²) in [6.07, 6.45) is -0.596. The first-order valence-corrected chi connectivity index (χ1v) is 9.25. The highest BCUT2D eigenvalue weighted by molar-refractivity contribution is 5.96. The van der Waals surface area contributed by atoms with Gasteiger partial charge in [0.15, 0.2) is 18.5 Å². The van der Waals surface area contributed by atoms with Crippen LogP contribution >= 0.6 is 0 Å². The van der Waals surface area contributed by atoms with Gasteiger partial charge in [-0.1, -0.05) is 13.0 Å². The lowest BCUT2D eigenvalue weighted by Gasteiger charge is -2.16. The molecule has 2 aromatic carbocycles. The lowest BCUT2D eigenvalue weighted by molar-refractivity contribution is -0.155. The molecule has 7 nitrogen and oxygen atoms in total. The van der Waals surface area contributed by atoms with E-state index in [1.165, 1.54) is 14.0 Å². The Morgan fingerprint density at radius 1 is 1.07 bits per heavy atom. The molecule has 0 aliphatic rings. The third-order valence-electron chi connectivity index (χ3n) is 4.14. The fourth-order valence-corrected chi connectivity index (χ4v) is 2.52. The number of anilines is 1. The molecule has 1 amide bonds. The Bertz CT molecular complexity index is 875. The zero-order valence-electron chi connectivity index (χ0n) is 17.0. The summed E-state index contributed by atoms with van der Waals surface area (Å²) in [5, 5.41) is 2.69. The molecule has 0 heterocycles. The standard InChI is InChI=1S/C22H25NO6/c1-5-19(24)16-7-9-17(10-8-16)28-13-21(25)29-15(3)22(26)23-18-12-14(2)6-11-20(18)27-4/h6-12,15H,5,13H2,1-4H3,(H,23,26). The fraction of sp³-hybridized carbons (Fsp3) is 0.318. The smallest absolute Gasteiger partial charge is 0.344 e. The molecule has 7 heteroatoms. The first-order chi connectivity index (χ1) is 13.8. The van der Waals surface area contributed by atoms with Crippen molar-refractivity contribution < 1.29 is 28.6 Å². The summed E-state index contributed by atoms with van der Waals surface area (Å²) >= 11 is 0. The molecule has 0 fully saturated rings. The Balaban J connectivity index is 1.86. The Kier molecular flexibility index (Phi) is 7.77. The van der Waals surface area contributed by atoms with Crippen LogP contribution in [0.4, 0.5) is 5.69 Å². The number of carbonyl (C=O) groups is 3. The van der Waals surface area contributed by atoms with E-state index in [4.69, 9.17) is 14.2 Å². The van der Waals surface area contributed by atoms with Crippen LogP contribution in [-0.2, 0) is 14.3 Å². The van der Waals surface area contributed by atoms with Crippen molar-refractivity contribution in [1.29, 1.82) is 0 Å². The molecule has 2 rings (SSSR count). The number of rotatable bonds is 9. The monoisotopic (exact) mass is 399 g/mol. The normalized spacial score (nSPS) is 11.3. The Hall–Kier alpha value is -3.35. The average Bonchev–Trinajstić information content (AvgIpc) is 2.72. The van der Waals surface area contributed by atoms with Crippen molar-refractivity contribution in [1.82, 2.24) is 0 Å². The van der Waals surface area contributed by atoms with Crippen molar-refractivity contribution in [2.24, 2.45) is 0 Å². The summed E-state index contributed by atoms with van der Waals surface area (Å²) in [7, 11) is 1.51. The van der Waals surface area contributed by atoms with E-state index in [0.29, 0.717) is 29.2 Å². The minimum atomic E-state index is -1.01. The molecule has 1 unspecified atom stereocenters. The number of hydrogen-bond acceptors (Lipinski definition) is 6. The molecule has 2 aromatic rings. The number of hydrogen-bond donors (Lipinski definition) is 1. The molecule has 1 atom stereocenters. The van der Waals surface area contributed by atoms with Gasteiger partial charge in [-0.3, -0.25) is 9.59 Å².